The number of nitrogens with one attached hydrogen (secondary N) is 2. The SMILES string of the molecule is BrC1CCCC12CCNN2. The number of hydrogen-bond acceptors (Lipinski definition) is 2. The number of hydrazine groups is 1. The lowest BCUT2D eigenvalue weighted by Gasteiger charge is -2.26. The van der Waals surface area contributed by atoms with Gasteiger partial charge in [0.1, 0.15) is 0 Å². The Kier molecular flexibility index (Phi) is 1.74. The lowest BCUT2D eigenvalue weighted by Crippen LogP contribution is -2.47. The summed E-state index contributed by atoms with van der Waals surface area (Å²) >= 11 is 3.72. The van der Waals surface area contributed by atoms with E-state index in [0.717, 1.165) is 6.54 Å². The molecule has 1 saturated carbocycles. The van der Waals surface area contributed by atoms with Crippen molar-refractivity contribution < 1.29 is 0 Å². The fraction of sp³-hybridized carbons (Fsp3) is 1.00. The number of halogens is 1. The highest BCUT2D eigenvalue weighted by molar-refractivity contribution is 9.09. The van der Waals surface area contributed by atoms with Crippen LogP contribution >= 0.6 is 15.9 Å². The monoisotopic (exact) mass is 204 g/mol. The van der Waals surface area contributed by atoms with E-state index in [-0.39, 0.29) is 0 Å². The van der Waals surface area contributed by atoms with Gasteiger partial charge in [-0.05, 0) is 19.3 Å². The second-order valence-electron chi connectivity index (χ2n) is 3.32. The van der Waals surface area contributed by atoms with Crippen molar-refractivity contribution in [3.05, 3.63) is 0 Å². The summed E-state index contributed by atoms with van der Waals surface area (Å²) in [5, 5.41) is 0. The van der Waals surface area contributed by atoms with Crippen LogP contribution < -0.4 is 10.9 Å². The fourth-order valence-corrected chi connectivity index (χ4v) is 2.93. The summed E-state index contributed by atoms with van der Waals surface area (Å²) in [6.45, 7) is 1.13. The van der Waals surface area contributed by atoms with Gasteiger partial charge in [0.15, 0.2) is 0 Å². The van der Waals surface area contributed by atoms with Crippen LogP contribution in [-0.4, -0.2) is 16.9 Å². The van der Waals surface area contributed by atoms with Crippen molar-refractivity contribution in [1.29, 1.82) is 0 Å². The second-order valence-corrected chi connectivity index (χ2v) is 4.42. The van der Waals surface area contributed by atoms with E-state index in [1.54, 1.807) is 0 Å². The standard InChI is InChI=1S/C7H13BrN2/c8-6-2-1-3-7(6)4-5-9-10-7/h6,9-10H,1-5H2. The summed E-state index contributed by atoms with van der Waals surface area (Å²) in [4.78, 5) is 0.690. The molecule has 1 spiro atoms. The maximum absolute atomic E-state index is 3.72. The van der Waals surface area contributed by atoms with Crippen LogP contribution in [0.5, 0.6) is 0 Å². The number of rotatable bonds is 0. The van der Waals surface area contributed by atoms with E-state index in [1.165, 1.54) is 25.7 Å². The van der Waals surface area contributed by atoms with E-state index in [4.69, 9.17) is 0 Å². The van der Waals surface area contributed by atoms with Gasteiger partial charge in [-0.15, -0.1) is 0 Å². The lowest BCUT2D eigenvalue weighted by molar-refractivity contribution is 0.378. The molecular formula is C7H13BrN2. The topological polar surface area (TPSA) is 24.1 Å². The highest BCUT2D eigenvalue weighted by Crippen LogP contribution is 2.38. The average Bonchev–Trinajstić information content (AvgIpc) is 2.48. The van der Waals surface area contributed by atoms with Crippen molar-refractivity contribution >= 4 is 15.9 Å². The molecule has 0 aromatic rings. The third kappa shape index (κ3) is 0.917. The maximum atomic E-state index is 3.72. The molecule has 0 amide bonds. The van der Waals surface area contributed by atoms with Crippen molar-refractivity contribution in [1.82, 2.24) is 10.9 Å². The molecule has 58 valence electrons. The molecule has 1 aliphatic heterocycles. The first-order chi connectivity index (χ1) is 4.83. The van der Waals surface area contributed by atoms with Crippen LogP contribution in [0.15, 0.2) is 0 Å². The molecule has 0 aromatic heterocycles. The van der Waals surface area contributed by atoms with Gasteiger partial charge in [0.25, 0.3) is 0 Å². The summed E-state index contributed by atoms with van der Waals surface area (Å²) in [5.41, 5.74) is 6.99. The highest BCUT2D eigenvalue weighted by Gasteiger charge is 2.43. The molecule has 2 rings (SSSR count). The molecule has 1 aliphatic carbocycles. The van der Waals surface area contributed by atoms with E-state index < -0.39 is 0 Å². The van der Waals surface area contributed by atoms with Crippen LogP contribution in [0.3, 0.4) is 0 Å². The molecule has 2 unspecified atom stereocenters. The van der Waals surface area contributed by atoms with E-state index in [2.05, 4.69) is 26.8 Å². The van der Waals surface area contributed by atoms with E-state index >= 15 is 0 Å². The predicted octanol–water partition coefficient (Wildman–Crippen LogP) is 1.17. The third-order valence-electron chi connectivity index (χ3n) is 2.71. The van der Waals surface area contributed by atoms with Crippen LogP contribution in [0.25, 0.3) is 0 Å². The van der Waals surface area contributed by atoms with Gasteiger partial charge < -0.3 is 0 Å². The minimum absolute atomic E-state index is 0.403. The third-order valence-corrected chi connectivity index (χ3v) is 4.05. The van der Waals surface area contributed by atoms with Gasteiger partial charge in [-0.25, -0.2) is 0 Å². The molecule has 2 atom stereocenters. The Balaban J connectivity index is 2.11. The van der Waals surface area contributed by atoms with E-state index in [1.807, 2.05) is 0 Å². The molecule has 0 bridgehead atoms. The normalized spacial score (nSPS) is 47.1. The minimum atomic E-state index is 0.403. The van der Waals surface area contributed by atoms with E-state index in [0.29, 0.717) is 10.4 Å². The molecule has 1 saturated heterocycles. The van der Waals surface area contributed by atoms with Gasteiger partial charge in [-0.1, -0.05) is 22.4 Å². The van der Waals surface area contributed by atoms with Crippen LogP contribution in [0.2, 0.25) is 0 Å². The molecular weight excluding hydrogens is 192 g/mol. The summed E-state index contributed by atoms with van der Waals surface area (Å²) in [7, 11) is 0. The Hall–Kier alpha value is 0.400. The van der Waals surface area contributed by atoms with Crippen molar-refractivity contribution in [2.45, 2.75) is 36.0 Å². The van der Waals surface area contributed by atoms with Crippen LogP contribution in [0.1, 0.15) is 25.7 Å². The quantitative estimate of drug-likeness (QED) is 0.580. The largest absolute Gasteiger partial charge is 0.257 e. The molecule has 2 fully saturated rings. The molecule has 0 aromatic carbocycles. The Morgan fingerprint density at radius 3 is 2.80 bits per heavy atom. The van der Waals surface area contributed by atoms with Crippen molar-refractivity contribution in [2.75, 3.05) is 6.54 Å². The smallest absolute Gasteiger partial charge is 0.0461 e. The first-order valence-corrected chi connectivity index (χ1v) is 4.89. The van der Waals surface area contributed by atoms with Crippen LogP contribution in [-0.2, 0) is 0 Å². The second kappa shape index (κ2) is 2.47. The highest BCUT2D eigenvalue weighted by atomic mass is 79.9. The number of alkyl halides is 1. The Bertz CT molecular complexity index is 126. The zero-order valence-corrected chi connectivity index (χ0v) is 7.58. The maximum Gasteiger partial charge on any atom is 0.0461 e. The molecule has 1 heterocycles. The average molecular weight is 205 g/mol. The Morgan fingerprint density at radius 1 is 1.40 bits per heavy atom. The van der Waals surface area contributed by atoms with Gasteiger partial charge in [-0.3, -0.25) is 10.9 Å². The van der Waals surface area contributed by atoms with Crippen molar-refractivity contribution in [3.63, 3.8) is 0 Å². The van der Waals surface area contributed by atoms with Crippen LogP contribution in [0, 0.1) is 0 Å². The fourth-order valence-electron chi connectivity index (χ4n) is 2.04. The molecule has 2 aliphatic rings. The van der Waals surface area contributed by atoms with Gasteiger partial charge in [0, 0.05) is 16.9 Å². The van der Waals surface area contributed by atoms with E-state index in [9.17, 15) is 0 Å². The minimum Gasteiger partial charge on any atom is -0.257 e. The molecule has 3 heteroatoms. The zero-order valence-electron chi connectivity index (χ0n) is 5.99. The first kappa shape index (κ1) is 7.07. The van der Waals surface area contributed by atoms with Gasteiger partial charge >= 0.3 is 0 Å². The molecule has 0 radical (unpaired) electrons. The van der Waals surface area contributed by atoms with Crippen molar-refractivity contribution in [3.8, 4) is 0 Å². The molecule has 2 N–H and O–H groups in total. The predicted molar refractivity (Wildman–Crippen MR) is 45.1 cm³/mol. The Labute approximate surface area is 69.9 Å². The summed E-state index contributed by atoms with van der Waals surface area (Å²) < 4.78 is 0. The number of hydrogen-bond donors (Lipinski definition) is 2. The molecule has 2 nitrogen and oxygen atoms in total. The summed E-state index contributed by atoms with van der Waals surface area (Å²) in [5.74, 6) is 0. The van der Waals surface area contributed by atoms with Gasteiger partial charge in [-0.2, -0.15) is 0 Å². The summed E-state index contributed by atoms with van der Waals surface area (Å²) in [6, 6.07) is 0. The zero-order chi connectivity index (χ0) is 7.03. The first-order valence-electron chi connectivity index (χ1n) is 3.98. The van der Waals surface area contributed by atoms with Gasteiger partial charge in [0.2, 0.25) is 0 Å². The van der Waals surface area contributed by atoms with Gasteiger partial charge in [0.05, 0.1) is 0 Å². The van der Waals surface area contributed by atoms with Crippen LogP contribution in [0.4, 0.5) is 0 Å². The lowest BCUT2D eigenvalue weighted by atomic mass is 9.96. The Morgan fingerprint density at radius 2 is 2.30 bits per heavy atom. The van der Waals surface area contributed by atoms with Crippen molar-refractivity contribution in [2.24, 2.45) is 0 Å². The molecule has 10 heavy (non-hydrogen) atoms. The summed E-state index contributed by atoms with van der Waals surface area (Å²) in [6.07, 6.45) is 5.30.